The van der Waals surface area contributed by atoms with E-state index >= 15 is 0 Å². The van der Waals surface area contributed by atoms with Crippen LogP contribution < -0.4 is 0 Å². The molecule has 0 spiro atoms. The van der Waals surface area contributed by atoms with Crippen LogP contribution in [0.25, 0.3) is 0 Å². The van der Waals surface area contributed by atoms with E-state index in [0.717, 1.165) is 103 Å². The Morgan fingerprint density at radius 1 is 0.263 bits per heavy atom. The van der Waals surface area contributed by atoms with Crippen LogP contribution in [0, 0.1) is 0 Å². The van der Waals surface area contributed by atoms with Crippen molar-refractivity contribution in [2.24, 2.45) is 0 Å². The molecule has 0 heterocycles. The largest absolute Gasteiger partial charge is 0.462 e. The number of hydrogen-bond donors (Lipinski definition) is 0. The molecule has 0 fully saturated rings. The van der Waals surface area contributed by atoms with Gasteiger partial charge in [0.25, 0.3) is 0 Å². The minimum Gasteiger partial charge on any atom is -0.462 e. The average molecular weight is 1110 g/mol. The number of hydrogen-bond acceptors (Lipinski definition) is 6. The van der Waals surface area contributed by atoms with Crippen molar-refractivity contribution in [2.45, 2.75) is 341 Å². The topological polar surface area (TPSA) is 78.9 Å². The number of carbonyl (C=O) groups excluding carboxylic acids is 3. The lowest BCUT2D eigenvalue weighted by Gasteiger charge is -2.18. The van der Waals surface area contributed by atoms with Gasteiger partial charge in [-0.25, -0.2) is 0 Å². The van der Waals surface area contributed by atoms with E-state index < -0.39 is 6.10 Å². The molecule has 0 bridgehead atoms. The van der Waals surface area contributed by atoms with Crippen LogP contribution >= 0.6 is 0 Å². The van der Waals surface area contributed by atoms with Crippen LogP contribution in [0.5, 0.6) is 0 Å². The highest BCUT2D eigenvalue weighted by molar-refractivity contribution is 5.71. The van der Waals surface area contributed by atoms with Gasteiger partial charge in [-0.2, -0.15) is 0 Å². The first-order valence-corrected chi connectivity index (χ1v) is 34.2. The number of rotatable bonds is 62. The molecule has 460 valence electrons. The van der Waals surface area contributed by atoms with Gasteiger partial charge in [0.1, 0.15) is 13.2 Å². The van der Waals surface area contributed by atoms with Gasteiger partial charge in [0, 0.05) is 19.3 Å². The minimum absolute atomic E-state index is 0.0792. The van der Waals surface area contributed by atoms with Crippen LogP contribution in [0.2, 0.25) is 0 Å². The molecule has 0 aliphatic heterocycles. The standard InChI is InChI=1S/C74H128O6/c1-4-7-10-13-16-19-22-25-27-29-30-31-32-33-34-35-36-37-38-39-40-41-42-43-44-46-47-49-52-55-58-61-64-67-73(76)79-70-71(69-78-72(75)66-63-60-57-54-51-24-21-18-15-12-9-6-3)80-74(77)68-65-62-59-56-53-50-48-45-28-26-23-20-17-14-11-8-5-2/h7,10,16,18-19,21,25-28,30-31,33-34,36-37,71H,4-6,8-9,11-15,17,20,22-24,29,32,35,38-70H2,1-3H3/b10-7-,19-16-,21-18-,27-25-,28-26-,31-30-,34-33-,37-36-. The fourth-order valence-electron chi connectivity index (χ4n) is 9.67. The first-order chi connectivity index (χ1) is 39.5. The van der Waals surface area contributed by atoms with Crippen molar-refractivity contribution < 1.29 is 28.6 Å². The van der Waals surface area contributed by atoms with Crippen LogP contribution in [-0.2, 0) is 28.6 Å². The molecule has 1 atom stereocenters. The first-order valence-electron chi connectivity index (χ1n) is 34.2. The van der Waals surface area contributed by atoms with E-state index in [1.807, 2.05) is 0 Å². The highest BCUT2D eigenvalue weighted by Crippen LogP contribution is 2.17. The molecular weight excluding hydrogens is 985 g/mol. The Balaban J connectivity index is 4.18. The van der Waals surface area contributed by atoms with Crippen molar-refractivity contribution in [3.05, 3.63) is 97.2 Å². The summed E-state index contributed by atoms with van der Waals surface area (Å²) in [5.41, 5.74) is 0. The molecule has 0 aromatic heterocycles. The Bertz CT molecular complexity index is 1560. The van der Waals surface area contributed by atoms with Gasteiger partial charge in [0.2, 0.25) is 0 Å². The summed E-state index contributed by atoms with van der Waals surface area (Å²) in [5.74, 6) is -0.880. The summed E-state index contributed by atoms with van der Waals surface area (Å²) in [6.07, 6.45) is 91.5. The summed E-state index contributed by atoms with van der Waals surface area (Å²) in [5, 5.41) is 0. The molecule has 0 aromatic carbocycles. The molecule has 0 N–H and O–H groups in total. The van der Waals surface area contributed by atoms with Crippen molar-refractivity contribution in [2.75, 3.05) is 13.2 Å². The highest BCUT2D eigenvalue weighted by atomic mass is 16.6. The summed E-state index contributed by atoms with van der Waals surface area (Å²) < 4.78 is 16.9. The maximum Gasteiger partial charge on any atom is 0.306 e. The van der Waals surface area contributed by atoms with Gasteiger partial charge >= 0.3 is 17.9 Å². The summed E-state index contributed by atoms with van der Waals surface area (Å²) in [7, 11) is 0. The SMILES string of the molecule is CC/C=C\C/C=C\C/C=C\C/C=C\C/C=C\C/C=C\CCCCCCCCCCCCCCCCC(=O)OCC(COC(=O)CCCCCCC/C=C\CCCCC)OC(=O)CCCCCCCCC/C=C\CCCCCCCC. The molecule has 0 rings (SSSR count). The second-order valence-corrected chi connectivity index (χ2v) is 22.7. The van der Waals surface area contributed by atoms with E-state index in [2.05, 4.69) is 118 Å². The molecule has 6 nitrogen and oxygen atoms in total. The zero-order valence-electron chi connectivity index (χ0n) is 52.8. The van der Waals surface area contributed by atoms with E-state index in [0.29, 0.717) is 19.3 Å². The fraction of sp³-hybridized carbons (Fsp3) is 0.743. The van der Waals surface area contributed by atoms with Crippen molar-refractivity contribution >= 4 is 17.9 Å². The Hall–Kier alpha value is -3.67. The van der Waals surface area contributed by atoms with Crippen molar-refractivity contribution in [3.8, 4) is 0 Å². The number of unbranched alkanes of at least 4 members (excludes halogenated alkanes) is 35. The molecule has 0 saturated heterocycles. The van der Waals surface area contributed by atoms with E-state index in [9.17, 15) is 14.4 Å². The zero-order valence-corrected chi connectivity index (χ0v) is 52.8. The number of esters is 3. The molecule has 80 heavy (non-hydrogen) atoms. The van der Waals surface area contributed by atoms with Crippen molar-refractivity contribution in [1.29, 1.82) is 0 Å². The van der Waals surface area contributed by atoms with Gasteiger partial charge < -0.3 is 14.2 Å². The van der Waals surface area contributed by atoms with Crippen LogP contribution in [0.3, 0.4) is 0 Å². The van der Waals surface area contributed by atoms with Gasteiger partial charge in [-0.3, -0.25) is 14.4 Å². The highest BCUT2D eigenvalue weighted by Gasteiger charge is 2.19. The molecule has 1 unspecified atom stereocenters. The van der Waals surface area contributed by atoms with Crippen molar-refractivity contribution in [1.82, 2.24) is 0 Å². The minimum atomic E-state index is -0.783. The summed E-state index contributed by atoms with van der Waals surface area (Å²) >= 11 is 0. The summed E-state index contributed by atoms with van der Waals surface area (Å²) in [6, 6.07) is 0. The second-order valence-electron chi connectivity index (χ2n) is 22.7. The van der Waals surface area contributed by atoms with Crippen LogP contribution in [-0.4, -0.2) is 37.2 Å². The molecular formula is C74H128O6. The molecule has 0 amide bonds. The lowest BCUT2D eigenvalue weighted by molar-refractivity contribution is -0.167. The zero-order chi connectivity index (χ0) is 57.8. The van der Waals surface area contributed by atoms with Gasteiger partial charge in [0.15, 0.2) is 6.10 Å². The lowest BCUT2D eigenvalue weighted by Crippen LogP contribution is -2.30. The van der Waals surface area contributed by atoms with Crippen LogP contribution in [0.4, 0.5) is 0 Å². The number of allylic oxidation sites excluding steroid dienone is 16. The first kappa shape index (κ1) is 76.3. The third-order valence-corrected chi connectivity index (χ3v) is 14.8. The van der Waals surface area contributed by atoms with E-state index in [4.69, 9.17) is 14.2 Å². The predicted octanol–water partition coefficient (Wildman–Crippen LogP) is 23.6. The van der Waals surface area contributed by atoms with E-state index in [-0.39, 0.29) is 31.1 Å². The molecule has 0 aliphatic carbocycles. The van der Waals surface area contributed by atoms with Crippen LogP contribution in [0.1, 0.15) is 335 Å². The molecule has 0 aliphatic rings. The Kier molecular flexibility index (Phi) is 64.7. The van der Waals surface area contributed by atoms with E-state index in [1.54, 1.807) is 0 Å². The molecule has 0 saturated carbocycles. The maximum absolute atomic E-state index is 12.9. The number of carbonyl (C=O) groups is 3. The Labute approximate surface area is 496 Å². The average Bonchev–Trinajstić information content (AvgIpc) is 3.46. The fourth-order valence-corrected chi connectivity index (χ4v) is 9.67. The Morgan fingerprint density at radius 2 is 0.487 bits per heavy atom. The smallest absolute Gasteiger partial charge is 0.306 e. The number of ether oxygens (including phenoxy) is 3. The molecule has 0 aromatic rings. The monoisotopic (exact) mass is 1110 g/mol. The third kappa shape index (κ3) is 65.1. The van der Waals surface area contributed by atoms with Gasteiger partial charge in [-0.05, 0) is 122 Å². The second kappa shape index (κ2) is 67.8. The van der Waals surface area contributed by atoms with Gasteiger partial charge in [0.05, 0.1) is 0 Å². The summed E-state index contributed by atoms with van der Waals surface area (Å²) in [6.45, 7) is 6.52. The van der Waals surface area contributed by atoms with Gasteiger partial charge in [-0.1, -0.05) is 291 Å². The normalized spacial score (nSPS) is 12.7. The molecule has 6 heteroatoms. The van der Waals surface area contributed by atoms with Crippen molar-refractivity contribution in [3.63, 3.8) is 0 Å². The maximum atomic E-state index is 12.9. The summed E-state index contributed by atoms with van der Waals surface area (Å²) in [4.78, 5) is 38.3. The predicted molar refractivity (Wildman–Crippen MR) is 348 cm³/mol. The van der Waals surface area contributed by atoms with E-state index in [1.165, 1.54) is 193 Å². The van der Waals surface area contributed by atoms with Gasteiger partial charge in [-0.15, -0.1) is 0 Å². The molecule has 0 radical (unpaired) electrons. The quantitative estimate of drug-likeness (QED) is 0.0261. The van der Waals surface area contributed by atoms with Crippen LogP contribution in [0.15, 0.2) is 97.2 Å². The Morgan fingerprint density at radius 3 is 0.800 bits per heavy atom. The third-order valence-electron chi connectivity index (χ3n) is 14.8. The lowest BCUT2D eigenvalue weighted by atomic mass is 10.0.